The van der Waals surface area contributed by atoms with E-state index >= 15 is 0 Å². The smallest absolute Gasteiger partial charge is 0.410 e. The molecule has 25 heavy (non-hydrogen) atoms. The monoisotopic (exact) mass is 388 g/mol. The minimum Gasteiger partial charge on any atom is -0.481 e. The molecule has 0 spiro atoms. The maximum absolute atomic E-state index is 12.0. The number of ether oxygens (including phenoxy) is 1. The molecule has 1 saturated heterocycles. The standard InChI is InChI=1S/C17H22Cl2N2O4/c1-17(2,3)25-16(24)21-8-13(9-21)20-14(7-15(22)23)10-4-11(18)6-12(19)5-10/h4-6,13-14,20H,7-9H2,1-3H3,(H,22,23). The molecule has 1 aliphatic rings. The van der Waals surface area contributed by atoms with Gasteiger partial charge in [-0.15, -0.1) is 0 Å². The molecule has 1 amide bonds. The number of carboxylic acids is 1. The molecule has 0 aromatic heterocycles. The average Bonchev–Trinajstić information content (AvgIpc) is 2.37. The van der Waals surface area contributed by atoms with Crippen LogP contribution in [0.25, 0.3) is 0 Å². The van der Waals surface area contributed by atoms with Crippen LogP contribution in [0.15, 0.2) is 18.2 Å². The maximum atomic E-state index is 12.0. The third-order valence-electron chi connectivity index (χ3n) is 3.64. The molecule has 2 rings (SSSR count). The molecule has 0 saturated carbocycles. The summed E-state index contributed by atoms with van der Waals surface area (Å²) < 4.78 is 5.31. The summed E-state index contributed by atoms with van der Waals surface area (Å²) in [4.78, 5) is 24.7. The first-order valence-electron chi connectivity index (χ1n) is 7.95. The van der Waals surface area contributed by atoms with Crippen LogP contribution < -0.4 is 5.32 Å². The van der Waals surface area contributed by atoms with Gasteiger partial charge in [0, 0.05) is 35.2 Å². The summed E-state index contributed by atoms with van der Waals surface area (Å²) in [6.07, 6.45) is -0.481. The zero-order valence-electron chi connectivity index (χ0n) is 14.4. The van der Waals surface area contributed by atoms with Gasteiger partial charge >= 0.3 is 12.1 Å². The van der Waals surface area contributed by atoms with Crippen molar-refractivity contribution in [1.29, 1.82) is 0 Å². The zero-order chi connectivity index (χ0) is 18.8. The molecule has 1 heterocycles. The number of likely N-dealkylation sites (tertiary alicyclic amines) is 1. The highest BCUT2D eigenvalue weighted by Gasteiger charge is 2.35. The lowest BCUT2D eigenvalue weighted by Gasteiger charge is -2.41. The minimum absolute atomic E-state index is 0.0189. The fourth-order valence-electron chi connectivity index (χ4n) is 2.57. The molecule has 1 aromatic rings. The Labute approximate surface area is 157 Å². The van der Waals surface area contributed by atoms with Crippen LogP contribution in [0.3, 0.4) is 0 Å². The van der Waals surface area contributed by atoms with Crippen molar-refractivity contribution in [3.05, 3.63) is 33.8 Å². The molecular formula is C17H22Cl2N2O4. The summed E-state index contributed by atoms with van der Waals surface area (Å²) in [5.41, 5.74) is 0.162. The highest BCUT2D eigenvalue weighted by Crippen LogP contribution is 2.27. The summed E-state index contributed by atoms with van der Waals surface area (Å²) in [7, 11) is 0. The van der Waals surface area contributed by atoms with Gasteiger partial charge in [0.1, 0.15) is 5.60 Å². The molecule has 1 fully saturated rings. The highest BCUT2D eigenvalue weighted by molar-refractivity contribution is 6.34. The lowest BCUT2D eigenvalue weighted by atomic mass is 10.0. The van der Waals surface area contributed by atoms with Crippen LogP contribution in [0.2, 0.25) is 10.0 Å². The summed E-state index contributed by atoms with van der Waals surface area (Å²) in [5, 5.41) is 13.3. The third kappa shape index (κ3) is 6.06. The first kappa shape index (κ1) is 19.8. The number of hydrogen-bond donors (Lipinski definition) is 2. The molecule has 1 aromatic carbocycles. The molecule has 0 bridgehead atoms. The number of nitrogens with one attached hydrogen (secondary N) is 1. The Balaban J connectivity index is 1.98. The SMILES string of the molecule is CC(C)(C)OC(=O)N1CC(NC(CC(=O)O)c2cc(Cl)cc(Cl)c2)C1. The van der Waals surface area contributed by atoms with Crippen LogP contribution in [0.4, 0.5) is 4.79 Å². The van der Waals surface area contributed by atoms with E-state index in [2.05, 4.69) is 5.32 Å². The summed E-state index contributed by atoms with van der Waals surface area (Å²) >= 11 is 12.0. The van der Waals surface area contributed by atoms with Gasteiger partial charge in [0.05, 0.1) is 6.42 Å². The molecule has 138 valence electrons. The van der Waals surface area contributed by atoms with Crippen LogP contribution in [0, 0.1) is 0 Å². The number of carboxylic acid groups (broad SMARTS) is 1. The maximum Gasteiger partial charge on any atom is 0.410 e. The largest absolute Gasteiger partial charge is 0.481 e. The van der Waals surface area contributed by atoms with Crippen molar-refractivity contribution in [2.24, 2.45) is 0 Å². The number of benzene rings is 1. The molecule has 1 atom stereocenters. The van der Waals surface area contributed by atoms with Gasteiger partial charge in [-0.3, -0.25) is 4.79 Å². The minimum atomic E-state index is -0.933. The fourth-order valence-corrected chi connectivity index (χ4v) is 3.11. The average molecular weight is 389 g/mol. The summed E-state index contributed by atoms with van der Waals surface area (Å²) in [6, 6.07) is 4.52. The van der Waals surface area contributed by atoms with Crippen molar-refractivity contribution in [2.45, 2.75) is 44.9 Å². The zero-order valence-corrected chi connectivity index (χ0v) is 15.9. The van der Waals surface area contributed by atoms with Crippen LogP contribution in [-0.2, 0) is 9.53 Å². The molecule has 1 aliphatic heterocycles. The summed E-state index contributed by atoms with van der Waals surface area (Å²) in [6.45, 7) is 6.35. The Morgan fingerprint density at radius 3 is 2.32 bits per heavy atom. The third-order valence-corrected chi connectivity index (χ3v) is 4.07. The second-order valence-electron chi connectivity index (χ2n) is 7.10. The normalized spacial score (nSPS) is 16.3. The van der Waals surface area contributed by atoms with E-state index in [1.54, 1.807) is 23.1 Å². The van der Waals surface area contributed by atoms with Crippen molar-refractivity contribution >= 4 is 35.3 Å². The molecular weight excluding hydrogens is 367 g/mol. The van der Waals surface area contributed by atoms with Gasteiger partial charge in [-0.1, -0.05) is 23.2 Å². The Morgan fingerprint density at radius 2 is 1.84 bits per heavy atom. The van der Waals surface area contributed by atoms with Crippen LogP contribution in [0.1, 0.15) is 38.8 Å². The van der Waals surface area contributed by atoms with Gasteiger partial charge in [0.25, 0.3) is 0 Å². The van der Waals surface area contributed by atoms with Crippen LogP contribution in [-0.4, -0.2) is 46.8 Å². The van der Waals surface area contributed by atoms with Crippen molar-refractivity contribution in [1.82, 2.24) is 10.2 Å². The predicted octanol–water partition coefficient (Wildman–Crippen LogP) is 3.72. The Bertz CT molecular complexity index is 634. The van der Waals surface area contributed by atoms with E-state index in [1.807, 2.05) is 20.8 Å². The number of aliphatic carboxylic acids is 1. The van der Waals surface area contributed by atoms with E-state index in [9.17, 15) is 9.59 Å². The molecule has 0 radical (unpaired) electrons. The number of rotatable bonds is 5. The first-order valence-corrected chi connectivity index (χ1v) is 8.71. The number of carbonyl (C=O) groups excluding carboxylic acids is 1. The lowest BCUT2D eigenvalue weighted by Crippen LogP contribution is -2.61. The Kier molecular flexibility index (Phi) is 6.19. The van der Waals surface area contributed by atoms with Crippen molar-refractivity contribution in [2.75, 3.05) is 13.1 Å². The highest BCUT2D eigenvalue weighted by atomic mass is 35.5. The van der Waals surface area contributed by atoms with E-state index in [1.165, 1.54) is 0 Å². The molecule has 1 unspecified atom stereocenters. The number of nitrogens with zero attached hydrogens (tertiary/aromatic N) is 1. The van der Waals surface area contributed by atoms with Crippen LogP contribution in [0.5, 0.6) is 0 Å². The molecule has 2 N–H and O–H groups in total. The van der Waals surface area contributed by atoms with Gasteiger partial charge < -0.3 is 20.1 Å². The Morgan fingerprint density at radius 1 is 1.28 bits per heavy atom. The van der Waals surface area contributed by atoms with E-state index in [0.29, 0.717) is 28.7 Å². The lowest BCUT2D eigenvalue weighted by molar-refractivity contribution is -0.137. The van der Waals surface area contributed by atoms with Gasteiger partial charge in [-0.2, -0.15) is 0 Å². The molecule has 8 heteroatoms. The quantitative estimate of drug-likeness (QED) is 0.803. The first-order chi connectivity index (χ1) is 11.5. The van der Waals surface area contributed by atoms with Gasteiger partial charge in [-0.25, -0.2) is 4.79 Å². The van der Waals surface area contributed by atoms with Crippen molar-refractivity contribution in [3.8, 4) is 0 Å². The van der Waals surface area contributed by atoms with Crippen LogP contribution >= 0.6 is 23.2 Å². The van der Waals surface area contributed by atoms with E-state index in [4.69, 9.17) is 33.0 Å². The van der Waals surface area contributed by atoms with Gasteiger partial charge in [0.15, 0.2) is 0 Å². The number of amides is 1. The van der Waals surface area contributed by atoms with Gasteiger partial charge in [0.2, 0.25) is 0 Å². The van der Waals surface area contributed by atoms with E-state index < -0.39 is 17.6 Å². The second-order valence-corrected chi connectivity index (χ2v) is 7.98. The van der Waals surface area contributed by atoms with Crippen molar-refractivity contribution in [3.63, 3.8) is 0 Å². The topological polar surface area (TPSA) is 78.9 Å². The number of halogens is 2. The van der Waals surface area contributed by atoms with E-state index in [0.717, 1.165) is 0 Å². The Hall–Kier alpha value is -1.50. The number of hydrogen-bond acceptors (Lipinski definition) is 4. The summed E-state index contributed by atoms with van der Waals surface area (Å²) in [5.74, 6) is -0.933. The second kappa shape index (κ2) is 7.81. The number of carbonyl (C=O) groups is 2. The van der Waals surface area contributed by atoms with Crippen molar-refractivity contribution < 1.29 is 19.4 Å². The predicted molar refractivity (Wildman–Crippen MR) is 96.2 cm³/mol. The molecule has 0 aliphatic carbocycles. The van der Waals surface area contributed by atoms with E-state index in [-0.39, 0.29) is 18.6 Å². The molecule has 6 nitrogen and oxygen atoms in total. The van der Waals surface area contributed by atoms with Gasteiger partial charge in [-0.05, 0) is 44.5 Å². The fraction of sp³-hybridized carbons (Fsp3) is 0.529.